The van der Waals surface area contributed by atoms with E-state index in [0.29, 0.717) is 6.42 Å². The van der Waals surface area contributed by atoms with Crippen molar-refractivity contribution in [2.24, 2.45) is 11.3 Å². The van der Waals surface area contributed by atoms with E-state index in [9.17, 15) is 14.7 Å². The molecule has 0 amide bonds. The first-order valence-corrected chi connectivity index (χ1v) is 15.4. The summed E-state index contributed by atoms with van der Waals surface area (Å²) in [6, 6.07) is 0. The molecule has 0 saturated carbocycles. The fourth-order valence-electron chi connectivity index (χ4n) is 5.25. The van der Waals surface area contributed by atoms with E-state index in [1.807, 2.05) is 20.8 Å². The van der Waals surface area contributed by atoms with E-state index < -0.39 is 17.4 Å². The van der Waals surface area contributed by atoms with Crippen LogP contribution in [0.3, 0.4) is 0 Å². The maximum absolute atomic E-state index is 11.4. The molecule has 2 heterocycles. The van der Waals surface area contributed by atoms with Crippen molar-refractivity contribution in [1.82, 2.24) is 0 Å². The first-order valence-electron chi connectivity index (χ1n) is 13.5. The lowest BCUT2D eigenvalue weighted by atomic mass is 9.82. The molecule has 4 nitrogen and oxygen atoms in total. The van der Waals surface area contributed by atoms with Crippen LogP contribution < -0.4 is 0 Å². The molecule has 2 aliphatic rings. The molecule has 2 saturated heterocycles. The van der Waals surface area contributed by atoms with Crippen molar-refractivity contribution in [1.29, 1.82) is 0 Å². The van der Waals surface area contributed by atoms with Crippen LogP contribution >= 0.6 is 23.5 Å². The monoisotopic (exact) mass is 500 g/mol. The second-order valence-electron chi connectivity index (χ2n) is 10.8. The van der Waals surface area contributed by atoms with E-state index in [4.69, 9.17) is 5.11 Å². The second kappa shape index (κ2) is 14.9. The van der Waals surface area contributed by atoms with Gasteiger partial charge in [-0.1, -0.05) is 46.0 Å². The van der Waals surface area contributed by atoms with E-state index in [1.54, 1.807) is 0 Å². The van der Waals surface area contributed by atoms with Gasteiger partial charge in [0, 0.05) is 21.0 Å². The van der Waals surface area contributed by atoms with Gasteiger partial charge in [-0.05, 0) is 77.6 Å². The number of hydrogen-bond donors (Lipinski definition) is 2. The number of thioether (sulfide) groups is 2. The second-order valence-corrected chi connectivity index (χ2v) is 14.0. The third-order valence-electron chi connectivity index (χ3n) is 8.08. The summed E-state index contributed by atoms with van der Waals surface area (Å²) in [5, 5.41) is 21.7. The van der Waals surface area contributed by atoms with E-state index in [-0.39, 0.29) is 5.92 Å². The minimum absolute atomic E-state index is 0.198. The van der Waals surface area contributed by atoms with Crippen LogP contribution in [-0.4, -0.2) is 43.2 Å². The molecule has 0 radical (unpaired) electrons. The van der Waals surface area contributed by atoms with Crippen LogP contribution in [-0.2, 0) is 9.59 Å². The number of carboxylic acids is 2. The van der Waals surface area contributed by atoms with Gasteiger partial charge in [-0.25, -0.2) is 0 Å². The lowest BCUT2D eigenvalue weighted by molar-refractivity contribution is -0.148. The van der Waals surface area contributed by atoms with Crippen LogP contribution in [0.5, 0.6) is 0 Å². The molecule has 192 valence electrons. The first kappa shape index (κ1) is 28.9. The Labute approximate surface area is 210 Å². The molecular weight excluding hydrogens is 452 g/mol. The van der Waals surface area contributed by atoms with E-state index in [0.717, 1.165) is 46.7 Å². The summed E-state index contributed by atoms with van der Waals surface area (Å²) in [6.45, 7) is 5.70. The van der Waals surface area contributed by atoms with Crippen LogP contribution in [0.4, 0.5) is 0 Å². The predicted octanol–water partition coefficient (Wildman–Crippen LogP) is 8.03. The highest BCUT2D eigenvalue weighted by molar-refractivity contribution is 8.01. The maximum atomic E-state index is 11.4. The highest BCUT2D eigenvalue weighted by Gasteiger charge is 2.31. The van der Waals surface area contributed by atoms with Crippen LogP contribution in [0, 0.1) is 11.3 Å². The van der Waals surface area contributed by atoms with Gasteiger partial charge in [0.15, 0.2) is 0 Å². The molecule has 6 atom stereocenters. The summed E-state index contributed by atoms with van der Waals surface area (Å²) in [6.07, 6.45) is 18.8. The molecule has 2 rings (SSSR count). The quantitative estimate of drug-likeness (QED) is 0.197. The molecule has 0 aromatic carbocycles. The Kier molecular flexibility index (Phi) is 13.0. The fraction of sp³-hybridized carbons (Fsp3) is 0.926. The number of aliphatic carboxylic acids is 2. The Morgan fingerprint density at radius 1 is 0.818 bits per heavy atom. The summed E-state index contributed by atoms with van der Waals surface area (Å²) >= 11 is 4.43. The van der Waals surface area contributed by atoms with E-state index >= 15 is 0 Å². The summed E-state index contributed by atoms with van der Waals surface area (Å²) in [5.74, 6) is -1.50. The van der Waals surface area contributed by atoms with Crippen molar-refractivity contribution in [2.45, 2.75) is 145 Å². The molecule has 0 aliphatic carbocycles. The van der Waals surface area contributed by atoms with Gasteiger partial charge in [-0.15, -0.1) is 0 Å². The Balaban J connectivity index is 1.49. The predicted molar refractivity (Wildman–Crippen MR) is 142 cm³/mol. The highest BCUT2D eigenvalue weighted by Crippen LogP contribution is 2.42. The lowest BCUT2D eigenvalue weighted by Gasteiger charge is -2.23. The topological polar surface area (TPSA) is 74.6 Å². The molecule has 6 heteroatoms. The van der Waals surface area contributed by atoms with Gasteiger partial charge < -0.3 is 10.2 Å². The zero-order valence-corrected chi connectivity index (χ0v) is 22.9. The van der Waals surface area contributed by atoms with Crippen LogP contribution in [0.15, 0.2) is 0 Å². The average Bonchev–Trinajstić information content (AvgIpc) is 3.43. The molecule has 0 spiro atoms. The summed E-state index contributed by atoms with van der Waals surface area (Å²) in [7, 11) is 0. The fourth-order valence-corrected chi connectivity index (χ4v) is 8.64. The third-order valence-corrected chi connectivity index (χ3v) is 11.5. The van der Waals surface area contributed by atoms with Crippen molar-refractivity contribution in [3.05, 3.63) is 0 Å². The number of carbonyl (C=O) groups is 2. The molecule has 0 aromatic rings. The van der Waals surface area contributed by atoms with Gasteiger partial charge >= 0.3 is 11.9 Å². The van der Waals surface area contributed by atoms with Crippen LogP contribution in [0.2, 0.25) is 0 Å². The van der Waals surface area contributed by atoms with Gasteiger partial charge in [0.05, 0.1) is 11.3 Å². The van der Waals surface area contributed by atoms with E-state index in [1.165, 1.54) is 70.6 Å². The molecule has 0 bridgehead atoms. The van der Waals surface area contributed by atoms with Gasteiger partial charge in [-0.2, -0.15) is 23.5 Å². The van der Waals surface area contributed by atoms with Crippen molar-refractivity contribution in [2.75, 3.05) is 0 Å². The van der Waals surface area contributed by atoms with Gasteiger partial charge in [-0.3, -0.25) is 9.59 Å². The summed E-state index contributed by atoms with van der Waals surface area (Å²) < 4.78 is 0. The van der Waals surface area contributed by atoms with Gasteiger partial charge in [0.1, 0.15) is 0 Å². The Morgan fingerprint density at radius 3 is 1.70 bits per heavy atom. The number of unbranched alkanes of at least 4 members (excludes halogenated alkanes) is 2. The minimum atomic E-state index is -0.660. The smallest absolute Gasteiger partial charge is 0.309 e. The molecule has 0 aromatic heterocycles. The Morgan fingerprint density at radius 2 is 1.27 bits per heavy atom. The lowest BCUT2D eigenvalue weighted by Crippen LogP contribution is -2.26. The highest BCUT2D eigenvalue weighted by atomic mass is 32.2. The third kappa shape index (κ3) is 10.4. The number of carboxylic acid groups (broad SMARTS) is 2. The normalized spacial score (nSPS) is 28.0. The number of hydrogen-bond acceptors (Lipinski definition) is 4. The molecule has 33 heavy (non-hydrogen) atoms. The maximum Gasteiger partial charge on any atom is 0.309 e. The Bertz CT molecular complexity index is 599. The van der Waals surface area contributed by atoms with Gasteiger partial charge in [0.2, 0.25) is 0 Å². The zero-order chi connectivity index (χ0) is 24.3. The van der Waals surface area contributed by atoms with Crippen molar-refractivity contribution in [3.63, 3.8) is 0 Å². The minimum Gasteiger partial charge on any atom is -0.481 e. The average molecular weight is 501 g/mol. The number of rotatable bonds is 17. The molecule has 2 N–H and O–H groups in total. The van der Waals surface area contributed by atoms with Crippen molar-refractivity contribution in [3.8, 4) is 0 Å². The largest absolute Gasteiger partial charge is 0.481 e. The molecule has 2 aliphatic heterocycles. The van der Waals surface area contributed by atoms with E-state index in [2.05, 4.69) is 23.5 Å². The zero-order valence-electron chi connectivity index (χ0n) is 21.2. The van der Waals surface area contributed by atoms with Gasteiger partial charge in [0.25, 0.3) is 0 Å². The molecular formula is C27H48O4S2. The van der Waals surface area contributed by atoms with Crippen LogP contribution in [0.1, 0.15) is 124 Å². The Hall–Kier alpha value is -0.360. The summed E-state index contributed by atoms with van der Waals surface area (Å²) in [5.41, 5.74) is -0.540. The SMILES string of the molecule is CCC(C)(CCCCC1CCC(CCCC2CCC(CCCCC(C)C(=O)O)S2)S1)C(=O)O. The molecule has 2 fully saturated rings. The molecule has 6 unspecified atom stereocenters. The standard InChI is InChI=1S/C27H48O4S2/c1-4-27(3,26(30)31)19-8-7-12-22-16-18-24(33-22)14-9-13-23-17-15-21(32-23)11-6-5-10-20(2)25(28)29/h20-24H,4-19H2,1-3H3,(H,28,29)(H,30,31). The van der Waals surface area contributed by atoms with Crippen LogP contribution in [0.25, 0.3) is 0 Å². The first-order chi connectivity index (χ1) is 15.7. The van der Waals surface area contributed by atoms with Crippen molar-refractivity contribution >= 4 is 35.5 Å². The van der Waals surface area contributed by atoms with Crippen molar-refractivity contribution < 1.29 is 19.8 Å². The summed E-state index contributed by atoms with van der Waals surface area (Å²) in [4.78, 5) is 22.3.